The van der Waals surface area contributed by atoms with Crippen molar-refractivity contribution in [2.45, 2.75) is 40.8 Å². The predicted molar refractivity (Wildman–Crippen MR) is 202 cm³/mol. The highest BCUT2D eigenvalue weighted by molar-refractivity contribution is 6.08. The number of pyridine rings is 2. The summed E-state index contributed by atoms with van der Waals surface area (Å²) in [5, 5.41) is 7.83. The van der Waals surface area contributed by atoms with Crippen LogP contribution in [0, 0.1) is 27.7 Å². The molecule has 0 radical (unpaired) electrons. The zero-order valence-electron chi connectivity index (χ0n) is 28.7. The van der Waals surface area contributed by atoms with Gasteiger partial charge in [0.15, 0.2) is 0 Å². The minimum absolute atomic E-state index is 0.170. The summed E-state index contributed by atoms with van der Waals surface area (Å²) in [5.41, 5.74) is 12.8. The highest BCUT2D eigenvalue weighted by atomic mass is 16.2. The molecule has 0 atom stereocenters. The number of aromatic nitrogens is 2. The lowest BCUT2D eigenvalue weighted by Gasteiger charge is -2.13. The van der Waals surface area contributed by atoms with Crippen molar-refractivity contribution in [3.63, 3.8) is 0 Å². The number of amides is 2. The van der Waals surface area contributed by atoms with Crippen LogP contribution in [0.5, 0.6) is 0 Å². The summed E-state index contributed by atoms with van der Waals surface area (Å²) in [7, 11) is 0. The van der Waals surface area contributed by atoms with E-state index in [0.717, 1.165) is 55.4 Å². The second-order valence-corrected chi connectivity index (χ2v) is 12.9. The monoisotopic (exact) mass is 654 g/mol. The van der Waals surface area contributed by atoms with Crippen molar-refractivity contribution < 1.29 is 9.59 Å². The maximum atomic E-state index is 13.7. The fraction of sp³-hybridized carbons (Fsp3) is 0.136. The van der Waals surface area contributed by atoms with E-state index in [2.05, 4.69) is 62.6 Å². The Hall–Kier alpha value is -6.14. The number of hydrogen-bond donors (Lipinski definition) is 2. The Balaban J connectivity index is 1.08. The van der Waals surface area contributed by atoms with Gasteiger partial charge in [-0.05, 0) is 97.5 Å². The van der Waals surface area contributed by atoms with Gasteiger partial charge in [0.1, 0.15) is 0 Å². The lowest BCUT2D eigenvalue weighted by atomic mass is 10.0. The van der Waals surface area contributed by atoms with Crippen molar-refractivity contribution in [2.75, 3.05) is 0 Å². The molecule has 2 heterocycles. The quantitative estimate of drug-likeness (QED) is 0.171. The Morgan fingerprint density at radius 1 is 0.480 bits per heavy atom. The molecule has 0 spiro atoms. The highest BCUT2D eigenvalue weighted by Gasteiger charge is 2.16. The van der Waals surface area contributed by atoms with Gasteiger partial charge >= 0.3 is 0 Å². The van der Waals surface area contributed by atoms with Crippen LogP contribution in [-0.4, -0.2) is 21.8 Å². The van der Waals surface area contributed by atoms with Gasteiger partial charge in [-0.25, -0.2) is 9.97 Å². The summed E-state index contributed by atoms with van der Waals surface area (Å²) < 4.78 is 0. The first-order valence-corrected chi connectivity index (χ1v) is 16.8. The fourth-order valence-electron chi connectivity index (χ4n) is 6.23. The maximum absolute atomic E-state index is 13.7. The van der Waals surface area contributed by atoms with Crippen LogP contribution in [0.25, 0.3) is 44.3 Å². The average molecular weight is 655 g/mol. The standard InChI is InChI=1S/C44H38N4O2/c1-27-16-18-33(20-29(27)3)41-23-37(35-12-5-7-14-39(35)47-41)43(49)45-25-31-10-9-11-32(22-31)26-46-44(50)38-24-42(34-19-17-28(2)30(4)21-34)48-40-15-8-6-13-36(38)40/h5-24H,25-26H2,1-4H3,(H,45,49)(H,46,50). The van der Waals surface area contributed by atoms with E-state index >= 15 is 0 Å². The van der Waals surface area contributed by atoms with Crippen molar-refractivity contribution >= 4 is 33.6 Å². The molecule has 6 nitrogen and oxygen atoms in total. The average Bonchev–Trinajstić information content (AvgIpc) is 3.14. The molecule has 2 amide bonds. The number of carbonyl (C=O) groups excluding carboxylic acids is 2. The van der Waals surface area contributed by atoms with Crippen LogP contribution < -0.4 is 10.6 Å². The van der Waals surface area contributed by atoms with Gasteiger partial charge in [-0.15, -0.1) is 0 Å². The van der Waals surface area contributed by atoms with Crippen molar-refractivity contribution in [1.29, 1.82) is 0 Å². The molecular formula is C44H38N4O2. The Morgan fingerprint density at radius 3 is 1.36 bits per heavy atom. The van der Waals surface area contributed by atoms with E-state index in [1.807, 2.05) is 97.1 Å². The molecular weight excluding hydrogens is 617 g/mol. The van der Waals surface area contributed by atoms with Crippen molar-refractivity contribution in [3.05, 3.63) is 166 Å². The molecule has 246 valence electrons. The molecule has 0 bridgehead atoms. The molecule has 7 rings (SSSR count). The summed E-state index contributed by atoms with van der Waals surface area (Å²) in [4.78, 5) is 37.1. The smallest absolute Gasteiger partial charge is 0.252 e. The summed E-state index contributed by atoms with van der Waals surface area (Å²) in [6, 6.07) is 39.6. The van der Waals surface area contributed by atoms with Gasteiger partial charge in [0.25, 0.3) is 11.8 Å². The molecule has 0 unspecified atom stereocenters. The number of fused-ring (bicyclic) bond motifs is 2. The molecule has 6 heteroatoms. The molecule has 2 aromatic heterocycles. The van der Waals surface area contributed by atoms with Gasteiger partial charge in [-0.1, -0.05) is 84.9 Å². The molecule has 50 heavy (non-hydrogen) atoms. The van der Waals surface area contributed by atoms with E-state index in [1.165, 1.54) is 22.3 Å². The highest BCUT2D eigenvalue weighted by Crippen LogP contribution is 2.28. The number of hydrogen-bond acceptors (Lipinski definition) is 4. The van der Waals surface area contributed by atoms with Crippen LogP contribution in [0.15, 0.2) is 121 Å². The summed E-state index contributed by atoms with van der Waals surface area (Å²) in [6.07, 6.45) is 0. The van der Waals surface area contributed by atoms with Crippen molar-refractivity contribution in [3.8, 4) is 22.5 Å². The maximum Gasteiger partial charge on any atom is 0.252 e. The first kappa shape index (κ1) is 32.4. The third-order valence-electron chi connectivity index (χ3n) is 9.42. The Kier molecular flexibility index (Phi) is 8.92. The van der Waals surface area contributed by atoms with Gasteiger partial charge in [-0.2, -0.15) is 0 Å². The molecule has 0 saturated heterocycles. The SMILES string of the molecule is Cc1ccc(-c2cc(C(=O)NCc3cccc(CNC(=O)c4cc(-c5ccc(C)c(C)c5)nc5ccccc45)c3)c3ccccc3n2)cc1C. The van der Waals surface area contributed by atoms with E-state index in [4.69, 9.17) is 9.97 Å². The number of benzene rings is 5. The minimum Gasteiger partial charge on any atom is -0.348 e. The van der Waals surface area contributed by atoms with Crippen LogP contribution in [0.2, 0.25) is 0 Å². The number of carbonyl (C=O) groups is 2. The number of nitrogens with zero attached hydrogens (tertiary/aromatic N) is 2. The third-order valence-corrected chi connectivity index (χ3v) is 9.42. The second kappa shape index (κ2) is 13.8. The summed E-state index contributed by atoms with van der Waals surface area (Å²) in [6.45, 7) is 9.00. The van der Waals surface area contributed by atoms with Crippen LogP contribution in [0.1, 0.15) is 54.1 Å². The first-order chi connectivity index (χ1) is 24.2. The van der Waals surface area contributed by atoms with E-state index < -0.39 is 0 Å². The Bertz CT molecular complexity index is 2270. The summed E-state index contributed by atoms with van der Waals surface area (Å²) >= 11 is 0. The molecule has 0 saturated carbocycles. The fourth-order valence-corrected chi connectivity index (χ4v) is 6.23. The van der Waals surface area contributed by atoms with Gasteiger partial charge < -0.3 is 10.6 Å². The molecule has 7 aromatic rings. The molecule has 5 aromatic carbocycles. The predicted octanol–water partition coefficient (Wildman–Crippen LogP) is 9.21. The van der Waals surface area contributed by atoms with Gasteiger partial charge in [0.05, 0.1) is 33.5 Å². The molecule has 2 N–H and O–H groups in total. The molecule has 0 aliphatic carbocycles. The van der Waals surface area contributed by atoms with E-state index in [0.29, 0.717) is 24.2 Å². The van der Waals surface area contributed by atoms with E-state index in [1.54, 1.807) is 0 Å². The topological polar surface area (TPSA) is 84.0 Å². The van der Waals surface area contributed by atoms with Crippen LogP contribution in [-0.2, 0) is 13.1 Å². The zero-order chi connectivity index (χ0) is 34.8. The third kappa shape index (κ3) is 6.74. The van der Waals surface area contributed by atoms with Crippen LogP contribution in [0.3, 0.4) is 0 Å². The van der Waals surface area contributed by atoms with E-state index in [-0.39, 0.29) is 11.8 Å². The van der Waals surface area contributed by atoms with Crippen molar-refractivity contribution in [2.24, 2.45) is 0 Å². The summed E-state index contributed by atoms with van der Waals surface area (Å²) in [5.74, 6) is -0.340. The number of para-hydroxylation sites is 2. The van der Waals surface area contributed by atoms with Crippen LogP contribution in [0.4, 0.5) is 0 Å². The van der Waals surface area contributed by atoms with Crippen LogP contribution >= 0.6 is 0 Å². The number of nitrogens with one attached hydrogen (secondary N) is 2. The Labute approximate surface area is 292 Å². The Morgan fingerprint density at radius 2 is 0.920 bits per heavy atom. The normalized spacial score (nSPS) is 11.1. The number of rotatable bonds is 8. The lowest BCUT2D eigenvalue weighted by Crippen LogP contribution is -2.24. The minimum atomic E-state index is -0.170. The first-order valence-electron chi connectivity index (χ1n) is 16.8. The van der Waals surface area contributed by atoms with Gasteiger partial charge in [0, 0.05) is 35.0 Å². The molecule has 0 fully saturated rings. The zero-order valence-corrected chi connectivity index (χ0v) is 28.7. The number of aryl methyl sites for hydroxylation is 4. The van der Waals surface area contributed by atoms with Crippen molar-refractivity contribution in [1.82, 2.24) is 20.6 Å². The second-order valence-electron chi connectivity index (χ2n) is 12.9. The molecule has 0 aliphatic heterocycles. The van der Waals surface area contributed by atoms with E-state index in [9.17, 15) is 9.59 Å². The lowest BCUT2D eigenvalue weighted by molar-refractivity contribution is 0.0945. The van der Waals surface area contributed by atoms with Gasteiger partial charge in [0.2, 0.25) is 0 Å². The largest absolute Gasteiger partial charge is 0.348 e. The molecule has 0 aliphatic rings. The van der Waals surface area contributed by atoms with Gasteiger partial charge in [-0.3, -0.25) is 9.59 Å².